The van der Waals surface area contributed by atoms with Crippen molar-refractivity contribution in [2.75, 3.05) is 18.9 Å². The maximum Gasteiger partial charge on any atom is 0.321 e. The molecule has 1 fully saturated rings. The number of ether oxygens (including phenoxy) is 1. The SMILES string of the molecule is CCOC(=O)CN(C1CC1)S(=O)(=O)c1c(N)cccc1F. The van der Waals surface area contributed by atoms with Gasteiger partial charge in [0.1, 0.15) is 17.3 Å². The molecule has 0 amide bonds. The maximum atomic E-state index is 13.9. The minimum absolute atomic E-state index is 0.152. The normalized spacial score (nSPS) is 15.2. The number of anilines is 1. The summed E-state index contributed by atoms with van der Waals surface area (Å²) >= 11 is 0. The average Bonchev–Trinajstić information content (AvgIpc) is 3.19. The number of benzene rings is 1. The van der Waals surface area contributed by atoms with Gasteiger partial charge in [0.2, 0.25) is 10.0 Å². The van der Waals surface area contributed by atoms with E-state index in [0.717, 1.165) is 10.4 Å². The Morgan fingerprint density at radius 3 is 2.67 bits per heavy atom. The zero-order chi connectivity index (χ0) is 15.6. The van der Waals surface area contributed by atoms with Gasteiger partial charge in [-0.3, -0.25) is 4.79 Å². The summed E-state index contributed by atoms with van der Waals surface area (Å²) in [6.45, 7) is 1.34. The van der Waals surface area contributed by atoms with Crippen LogP contribution in [0, 0.1) is 5.82 Å². The second-order valence-corrected chi connectivity index (χ2v) is 6.57. The van der Waals surface area contributed by atoms with Crippen molar-refractivity contribution in [2.24, 2.45) is 0 Å². The molecule has 8 heteroatoms. The van der Waals surface area contributed by atoms with Crippen LogP contribution >= 0.6 is 0 Å². The molecule has 6 nitrogen and oxygen atoms in total. The standard InChI is InChI=1S/C13H17FN2O4S/c1-2-20-12(17)8-16(9-6-7-9)21(18,19)13-10(14)4-3-5-11(13)15/h3-5,9H,2,6-8,15H2,1H3. The fourth-order valence-electron chi connectivity index (χ4n) is 2.02. The molecule has 0 aromatic heterocycles. The summed E-state index contributed by atoms with van der Waals surface area (Å²) in [7, 11) is -4.18. The second-order valence-electron chi connectivity index (χ2n) is 4.74. The van der Waals surface area contributed by atoms with E-state index in [1.807, 2.05) is 0 Å². The van der Waals surface area contributed by atoms with E-state index in [2.05, 4.69) is 0 Å². The summed E-state index contributed by atoms with van der Waals surface area (Å²) in [6.07, 6.45) is 1.26. The number of hydrogen-bond donors (Lipinski definition) is 1. The Morgan fingerprint density at radius 2 is 2.14 bits per heavy atom. The molecular formula is C13H17FN2O4S. The molecule has 1 aromatic carbocycles. The number of nitrogen functional groups attached to an aromatic ring is 1. The molecule has 0 saturated heterocycles. The van der Waals surface area contributed by atoms with Gasteiger partial charge >= 0.3 is 5.97 Å². The minimum Gasteiger partial charge on any atom is -0.465 e. The van der Waals surface area contributed by atoms with Gasteiger partial charge in [0.05, 0.1) is 12.3 Å². The number of rotatable bonds is 6. The first-order valence-corrected chi connectivity index (χ1v) is 8.03. The van der Waals surface area contributed by atoms with Crippen LogP contribution in [0.4, 0.5) is 10.1 Å². The highest BCUT2D eigenvalue weighted by Crippen LogP contribution is 2.34. The van der Waals surface area contributed by atoms with Crippen molar-refractivity contribution in [1.29, 1.82) is 0 Å². The van der Waals surface area contributed by atoms with E-state index in [4.69, 9.17) is 10.5 Å². The van der Waals surface area contributed by atoms with Crippen LogP contribution < -0.4 is 5.73 Å². The molecule has 21 heavy (non-hydrogen) atoms. The van der Waals surface area contributed by atoms with E-state index in [0.29, 0.717) is 12.8 Å². The number of carbonyl (C=O) groups is 1. The highest BCUT2D eigenvalue weighted by Gasteiger charge is 2.41. The molecule has 0 heterocycles. The Hall–Kier alpha value is -1.67. The topological polar surface area (TPSA) is 89.7 Å². The molecule has 1 aliphatic rings. The van der Waals surface area contributed by atoms with Crippen molar-refractivity contribution in [3.05, 3.63) is 24.0 Å². The molecule has 1 aliphatic carbocycles. The quantitative estimate of drug-likeness (QED) is 0.627. The zero-order valence-corrected chi connectivity index (χ0v) is 12.4. The predicted octanol–water partition coefficient (Wildman–Crippen LogP) is 1.12. The monoisotopic (exact) mass is 316 g/mol. The lowest BCUT2D eigenvalue weighted by Gasteiger charge is -2.22. The third-order valence-corrected chi connectivity index (χ3v) is 5.10. The van der Waals surface area contributed by atoms with Gasteiger partial charge in [0.15, 0.2) is 0 Å². The van der Waals surface area contributed by atoms with Crippen LogP contribution in [-0.2, 0) is 19.6 Å². The molecule has 0 aliphatic heterocycles. The number of halogens is 1. The van der Waals surface area contributed by atoms with Crippen LogP contribution in [0.2, 0.25) is 0 Å². The fraction of sp³-hybridized carbons (Fsp3) is 0.462. The summed E-state index contributed by atoms with van der Waals surface area (Å²) in [6, 6.07) is 3.36. The highest BCUT2D eigenvalue weighted by molar-refractivity contribution is 7.89. The number of nitrogens with zero attached hydrogens (tertiary/aromatic N) is 1. The molecule has 2 rings (SSSR count). The van der Waals surface area contributed by atoms with Gasteiger partial charge < -0.3 is 10.5 Å². The van der Waals surface area contributed by atoms with E-state index in [9.17, 15) is 17.6 Å². The van der Waals surface area contributed by atoms with Gasteiger partial charge in [-0.05, 0) is 31.9 Å². The van der Waals surface area contributed by atoms with Gasteiger partial charge in [0, 0.05) is 6.04 Å². The Labute approximate surface area is 122 Å². The van der Waals surface area contributed by atoms with Crippen molar-refractivity contribution in [1.82, 2.24) is 4.31 Å². The largest absolute Gasteiger partial charge is 0.465 e. The Kier molecular flexibility index (Phi) is 4.48. The van der Waals surface area contributed by atoms with E-state index < -0.39 is 33.3 Å². The summed E-state index contributed by atoms with van der Waals surface area (Å²) in [5.74, 6) is -1.59. The van der Waals surface area contributed by atoms with Crippen molar-refractivity contribution in [3.63, 3.8) is 0 Å². The van der Waals surface area contributed by atoms with E-state index in [-0.39, 0.29) is 18.3 Å². The van der Waals surface area contributed by atoms with Gasteiger partial charge in [-0.2, -0.15) is 4.31 Å². The zero-order valence-electron chi connectivity index (χ0n) is 11.6. The van der Waals surface area contributed by atoms with Crippen LogP contribution in [0.15, 0.2) is 23.1 Å². The third kappa shape index (κ3) is 3.33. The molecule has 1 aromatic rings. The smallest absolute Gasteiger partial charge is 0.321 e. The van der Waals surface area contributed by atoms with Crippen molar-refractivity contribution in [3.8, 4) is 0 Å². The van der Waals surface area contributed by atoms with Crippen LogP contribution in [0.5, 0.6) is 0 Å². The van der Waals surface area contributed by atoms with Crippen LogP contribution in [-0.4, -0.2) is 37.9 Å². The Bertz CT molecular complexity index is 623. The lowest BCUT2D eigenvalue weighted by Crippen LogP contribution is -2.38. The number of carbonyl (C=O) groups excluding carboxylic acids is 1. The number of esters is 1. The molecule has 116 valence electrons. The Balaban J connectivity index is 2.37. The fourth-order valence-corrected chi connectivity index (χ4v) is 3.82. The highest BCUT2D eigenvalue weighted by atomic mass is 32.2. The van der Waals surface area contributed by atoms with E-state index in [1.54, 1.807) is 6.92 Å². The molecule has 0 atom stereocenters. The summed E-state index contributed by atoms with van der Waals surface area (Å²) in [5, 5.41) is 0. The summed E-state index contributed by atoms with van der Waals surface area (Å²) in [5.41, 5.74) is 5.42. The average molecular weight is 316 g/mol. The number of hydrogen-bond acceptors (Lipinski definition) is 5. The molecule has 0 unspecified atom stereocenters. The first kappa shape index (κ1) is 15.7. The van der Waals surface area contributed by atoms with Gasteiger partial charge in [0.25, 0.3) is 0 Å². The number of nitrogens with two attached hydrogens (primary N) is 1. The van der Waals surface area contributed by atoms with Crippen LogP contribution in [0.25, 0.3) is 0 Å². The lowest BCUT2D eigenvalue weighted by molar-refractivity contribution is -0.143. The second kappa shape index (κ2) is 5.98. The van der Waals surface area contributed by atoms with Crippen LogP contribution in [0.1, 0.15) is 19.8 Å². The van der Waals surface area contributed by atoms with Crippen LogP contribution in [0.3, 0.4) is 0 Å². The van der Waals surface area contributed by atoms with Crippen molar-refractivity contribution >= 4 is 21.7 Å². The van der Waals surface area contributed by atoms with Gasteiger partial charge in [-0.15, -0.1) is 0 Å². The summed E-state index contributed by atoms with van der Waals surface area (Å²) in [4.78, 5) is 11.0. The molecule has 0 spiro atoms. The lowest BCUT2D eigenvalue weighted by atomic mass is 10.3. The van der Waals surface area contributed by atoms with Gasteiger partial charge in [-0.1, -0.05) is 6.07 Å². The summed E-state index contributed by atoms with van der Waals surface area (Å²) < 4.78 is 44.8. The molecular weight excluding hydrogens is 299 g/mol. The molecule has 0 radical (unpaired) electrons. The molecule has 2 N–H and O–H groups in total. The van der Waals surface area contributed by atoms with E-state index in [1.165, 1.54) is 12.1 Å². The number of sulfonamides is 1. The van der Waals surface area contributed by atoms with Crippen molar-refractivity contribution in [2.45, 2.75) is 30.7 Å². The first-order chi connectivity index (χ1) is 9.87. The van der Waals surface area contributed by atoms with Gasteiger partial charge in [-0.25, -0.2) is 12.8 Å². The molecule has 1 saturated carbocycles. The maximum absolute atomic E-state index is 13.9. The molecule has 0 bridgehead atoms. The first-order valence-electron chi connectivity index (χ1n) is 6.59. The predicted molar refractivity (Wildman–Crippen MR) is 74.4 cm³/mol. The van der Waals surface area contributed by atoms with E-state index >= 15 is 0 Å². The third-order valence-electron chi connectivity index (χ3n) is 3.11. The van der Waals surface area contributed by atoms with Crippen molar-refractivity contribution < 1.29 is 22.3 Å². The Morgan fingerprint density at radius 1 is 1.48 bits per heavy atom. The minimum atomic E-state index is -4.18.